The molecule has 1 aromatic carbocycles. The third-order valence-corrected chi connectivity index (χ3v) is 3.59. The van der Waals surface area contributed by atoms with Gasteiger partial charge in [0.15, 0.2) is 0 Å². The Morgan fingerprint density at radius 2 is 2.18 bits per heavy atom. The summed E-state index contributed by atoms with van der Waals surface area (Å²) >= 11 is 2.22. The molecule has 1 aliphatic rings. The van der Waals surface area contributed by atoms with Gasteiger partial charge < -0.3 is 9.47 Å². The lowest BCUT2D eigenvalue weighted by atomic mass is 10.2. The molecular weight excluding hydrogens is 333 g/mol. The quantitative estimate of drug-likeness (QED) is 0.621. The Morgan fingerprint density at radius 3 is 2.71 bits per heavy atom. The summed E-state index contributed by atoms with van der Waals surface area (Å²) in [6, 6.07) is 7.77. The van der Waals surface area contributed by atoms with Gasteiger partial charge in [-0.2, -0.15) is 0 Å². The maximum Gasteiger partial charge on any atom is 0.414 e. The molecule has 1 aromatic rings. The van der Waals surface area contributed by atoms with E-state index in [0.29, 0.717) is 13.2 Å². The van der Waals surface area contributed by atoms with E-state index in [1.807, 2.05) is 24.3 Å². The van der Waals surface area contributed by atoms with Gasteiger partial charge in [0.05, 0.1) is 13.2 Å². The number of cyclic esters (lactones) is 1. The summed E-state index contributed by atoms with van der Waals surface area (Å²) in [4.78, 5) is 13.3. The molecule has 0 bridgehead atoms. The summed E-state index contributed by atoms with van der Waals surface area (Å²) < 4.78 is 11.1. The molecule has 2 rings (SSSR count). The number of alkyl halides is 1. The molecule has 17 heavy (non-hydrogen) atoms. The van der Waals surface area contributed by atoms with Crippen molar-refractivity contribution in [3.8, 4) is 0 Å². The zero-order valence-corrected chi connectivity index (χ0v) is 11.7. The minimum absolute atomic E-state index is 0.00162. The molecule has 1 fully saturated rings. The van der Waals surface area contributed by atoms with Crippen molar-refractivity contribution in [3.63, 3.8) is 0 Å². The number of carbonyl (C=O) groups is 1. The van der Waals surface area contributed by atoms with Gasteiger partial charge in [-0.3, -0.25) is 4.90 Å². The van der Waals surface area contributed by atoms with Crippen molar-refractivity contribution in [1.29, 1.82) is 0 Å². The van der Waals surface area contributed by atoms with Gasteiger partial charge in [-0.05, 0) is 17.7 Å². The highest BCUT2D eigenvalue weighted by Gasteiger charge is 2.31. The topological polar surface area (TPSA) is 38.8 Å². The molecule has 0 radical (unpaired) electrons. The molecule has 0 spiro atoms. The minimum Gasteiger partial charge on any atom is -0.443 e. The lowest BCUT2D eigenvalue weighted by Gasteiger charge is -2.13. The summed E-state index contributed by atoms with van der Waals surface area (Å²) in [6.07, 6.45) is -0.257. The van der Waals surface area contributed by atoms with Crippen LogP contribution in [0.1, 0.15) is 5.56 Å². The maximum absolute atomic E-state index is 11.6. The van der Waals surface area contributed by atoms with Crippen LogP contribution in [-0.4, -0.2) is 30.3 Å². The zero-order valence-electron chi connectivity index (χ0n) is 9.56. The first-order valence-electron chi connectivity index (χ1n) is 5.36. The monoisotopic (exact) mass is 347 g/mol. The van der Waals surface area contributed by atoms with Gasteiger partial charge >= 0.3 is 6.09 Å². The van der Waals surface area contributed by atoms with Gasteiger partial charge in [0.2, 0.25) is 0 Å². The molecule has 1 atom stereocenters. The molecule has 1 aliphatic heterocycles. The molecule has 0 aromatic heterocycles. The molecular formula is C12H14INO3. The van der Waals surface area contributed by atoms with Gasteiger partial charge in [-0.25, -0.2) is 4.79 Å². The highest BCUT2D eigenvalue weighted by atomic mass is 127. The first-order chi connectivity index (χ1) is 8.24. The Kier molecular flexibility index (Phi) is 4.22. The second-order valence-electron chi connectivity index (χ2n) is 3.87. The third-order valence-electron chi connectivity index (χ3n) is 2.61. The highest BCUT2D eigenvalue weighted by Crippen LogP contribution is 2.22. The predicted octanol–water partition coefficient (Wildman–Crippen LogP) is 2.59. The van der Waals surface area contributed by atoms with Crippen LogP contribution < -0.4 is 4.90 Å². The summed E-state index contributed by atoms with van der Waals surface area (Å²) in [5.74, 6) is 0. The first kappa shape index (κ1) is 12.6. The molecule has 0 saturated carbocycles. The number of benzene rings is 1. The van der Waals surface area contributed by atoms with Crippen molar-refractivity contribution in [2.75, 3.05) is 23.0 Å². The fourth-order valence-corrected chi connectivity index (χ4v) is 2.21. The normalized spacial score (nSPS) is 19.5. The van der Waals surface area contributed by atoms with Crippen molar-refractivity contribution < 1.29 is 14.3 Å². The lowest BCUT2D eigenvalue weighted by Crippen LogP contribution is -2.24. The number of hydrogen-bond acceptors (Lipinski definition) is 3. The first-order valence-corrected chi connectivity index (χ1v) is 6.89. The van der Waals surface area contributed by atoms with E-state index in [1.165, 1.54) is 0 Å². The van der Waals surface area contributed by atoms with E-state index in [1.54, 1.807) is 12.0 Å². The van der Waals surface area contributed by atoms with Gasteiger partial charge in [0, 0.05) is 17.2 Å². The molecule has 0 aliphatic carbocycles. The van der Waals surface area contributed by atoms with E-state index in [9.17, 15) is 4.79 Å². The molecule has 5 heteroatoms. The van der Waals surface area contributed by atoms with Crippen LogP contribution in [0.15, 0.2) is 24.3 Å². The number of carbonyl (C=O) groups excluding carboxylic acids is 1. The van der Waals surface area contributed by atoms with Gasteiger partial charge in [0.25, 0.3) is 0 Å². The Labute approximate surface area is 114 Å². The molecule has 0 N–H and O–H groups in total. The van der Waals surface area contributed by atoms with Gasteiger partial charge in [-0.15, -0.1) is 0 Å². The van der Waals surface area contributed by atoms with Crippen molar-refractivity contribution in [2.45, 2.75) is 12.7 Å². The van der Waals surface area contributed by atoms with E-state index in [-0.39, 0.29) is 12.2 Å². The van der Waals surface area contributed by atoms with Crippen LogP contribution >= 0.6 is 22.6 Å². The average molecular weight is 347 g/mol. The van der Waals surface area contributed by atoms with E-state index in [2.05, 4.69) is 22.6 Å². The SMILES string of the molecule is COCc1ccc(N2CC(CI)OC2=O)cc1. The number of methoxy groups -OCH3 is 1. The minimum atomic E-state index is -0.258. The molecule has 92 valence electrons. The number of anilines is 1. The second kappa shape index (κ2) is 5.68. The van der Waals surface area contributed by atoms with Crippen molar-refractivity contribution in [3.05, 3.63) is 29.8 Å². The maximum atomic E-state index is 11.6. The van der Waals surface area contributed by atoms with Crippen LogP contribution in [0.4, 0.5) is 10.5 Å². The van der Waals surface area contributed by atoms with Crippen LogP contribution in [0, 0.1) is 0 Å². The number of hydrogen-bond donors (Lipinski definition) is 0. The van der Waals surface area contributed by atoms with Crippen molar-refractivity contribution in [2.24, 2.45) is 0 Å². The van der Waals surface area contributed by atoms with Crippen molar-refractivity contribution >= 4 is 34.4 Å². The molecule has 1 saturated heterocycles. The average Bonchev–Trinajstić information content (AvgIpc) is 2.72. The van der Waals surface area contributed by atoms with E-state index in [4.69, 9.17) is 9.47 Å². The van der Waals surface area contributed by atoms with Crippen LogP contribution in [0.2, 0.25) is 0 Å². The molecule has 1 unspecified atom stereocenters. The van der Waals surface area contributed by atoms with E-state index < -0.39 is 0 Å². The summed E-state index contributed by atoms with van der Waals surface area (Å²) in [5, 5.41) is 0. The van der Waals surface area contributed by atoms with Crippen LogP contribution in [0.3, 0.4) is 0 Å². The molecule has 1 amide bonds. The largest absolute Gasteiger partial charge is 0.443 e. The fraction of sp³-hybridized carbons (Fsp3) is 0.417. The zero-order chi connectivity index (χ0) is 12.3. The van der Waals surface area contributed by atoms with E-state index in [0.717, 1.165) is 15.7 Å². The lowest BCUT2D eigenvalue weighted by molar-refractivity contribution is 0.153. The Morgan fingerprint density at radius 1 is 1.47 bits per heavy atom. The number of rotatable bonds is 4. The Balaban J connectivity index is 2.09. The van der Waals surface area contributed by atoms with Crippen molar-refractivity contribution in [1.82, 2.24) is 0 Å². The number of ether oxygens (including phenoxy) is 2. The standard InChI is InChI=1S/C12H14INO3/c1-16-8-9-2-4-10(5-3-9)14-7-11(6-13)17-12(14)15/h2-5,11H,6-8H2,1H3. The number of amides is 1. The smallest absolute Gasteiger partial charge is 0.414 e. The summed E-state index contributed by atoms with van der Waals surface area (Å²) in [7, 11) is 1.66. The molecule has 1 heterocycles. The van der Waals surface area contributed by atoms with Crippen LogP contribution in [0.25, 0.3) is 0 Å². The van der Waals surface area contributed by atoms with Crippen LogP contribution in [0.5, 0.6) is 0 Å². The summed E-state index contributed by atoms with van der Waals surface area (Å²) in [6.45, 7) is 1.21. The summed E-state index contributed by atoms with van der Waals surface area (Å²) in [5.41, 5.74) is 1.97. The Hall–Kier alpha value is -0.820. The predicted molar refractivity (Wildman–Crippen MR) is 73.7 cm³/mol. The Bertz CT molecular complexity index is 393. The van der Waals surface area contributed by atoms with Gasteiger partial charge in [0.1, 0.15) is 6.10 Å². The highest BCUT2D eigenvalue weighted by molar-refractivity contribution is 14.1. The fourth-order valence-electron chi connectivity index (χ4n) is 1.75. The second-order valence-corrected chi connectivity index (χ2v) is 4.75. The number of halogens is 1. The van der Waals surface area contributed by atoms with Crippen LogP contribution in [-0.2, 0) is 16.1 Å². The van der Waals surface area contributed by atoms with Gasteiger partial charge in [-0.1, -0.05) is 34.7 Å². The number of nitrogens with zero attached hydrogens (tertiary/aromatic N) is 1. The van der Waals surface area contributed by atoms with E-state index >= 15 is 0 Å². The third kappa shape index (κ3) is 2.90. The molecule has 4 nitrogen and oxygen atoms in total.